The minimum atomic E-state index is -5.33. The van der Waals surface area contributed by atoms with E-state index in [1.807, 2.05) is 0 Å². The van der Waals surface area contributed by atoms with Gasteiger partial charge < -0.3 is 0 Å². The van der Waals surface area contributed by atoms with Crippen LogP contribution in [-0.2, 0) is 32.5 Å². The van der Waals surface area contributed by atoms with E-state index in [2.05, 4.69) is 2.64 Å². The van der Waals surface area contributed by atoms with E-state index in [1.165, 1.54) is 0 Å². The molecule has 0 rings (SSSR count). The van der Waals surface area contributed by atoms with Crippen LogP contribution in [0.2, 0.25) is 0 Å². The molecule has 0 aliphatic heterocycles. The first kappa shape index (κ1) is 12.0. The van der Waals surface area contributed by atoms with Gasteiger partial charge in [0, 0.05) is 0 Å². The Balaban J connectivity index is 3.90. The molecule has 0 bridgehead atoms. The Morgan fingerprint density at radius 2 is 1.50 bits per heavy atom. The zero-order chi connectivity index (χ0) is 9.99. The third-order valence-corrected chi connectivity index (χ3v) is 3.45. The van der Waals surface area contributed by atoms with Gasteiger partial charge in [-0.05, 0) is 0 Å². The molecule has 0 fully saturated rings. The fourth-order valence-electron chi connectivity index (χ4n) is 0.229. The van der Waals surface area contributed by atoms with Crippen molar-refractivity contribution in [2.24, 2.45) is 0 Å². The van der Waals surface area contributed by atoms with Gasteiger partial charge in [0.25, 0.3) is 0 Å². The Labute approximate surface area is 75.0 Å². The first-order valence-electron chi connectivity index (χ1n) is 2.43. The molecule has 0 aromatic heterocycles. The minimum absolute atomic E-state index is 2.75. The van der Waals surface area contributed by atoms with Gasteiger partial charge in [0.2, 0.25) is 0 Å². The first-order valence-corrected chi connectivity index (χ1v) is 7.43. The summed E-state index contributed by atoms with van der Waals surface area (Å²) in [5.74, 6) is -2.75. The van der Waals surface area contributed by atoms with Gasteiger partial charge in [0.05, 0.1) is 0 Å². The van der Waals surface area contributed by atoms with E-state index >= 15 is 0 Å². The van der Waals surface area contributed by atoms with Crippen LogP contribution in [0.3, 0.4) is 0 Å². The quantitative estimate of drug-likeness (QED) is 0.509. The normalized spacial score (nSPS) is 12.2. The predicted molar refractivity (Wildman–Crippen MR) is 18.2 cm³/mol. The number of hydrogen-bond acceptors (Lipinski definition) is 2. The van der Waals surface area contributed by atoms with Crippen LogP contribution in [0.15, 0.2) is 0 Å². The molecule has 0 saturated carbocycles. The van der Waals surface area contributed by atoms with Crippen molar-refractivity contribution in [3.63, 3.8) is 0 Å². The van der Waals surface area contributed by atoms with Crippen molar-refractivity contribution in [3.05, 3.63) is 0 Å². The van der Waals surface area contributed by atoms with Gasteiger partial charge in [0.1, 0.15) is 0 Å². The molecule has 12 heavy (non-hydrogen) atoms. The van der Waals surface area contributed by atoms with Crippen LogP contribution in [0.4, 0.5) is 26.3 Å². The summed E-state index contributed by atoms with van der Waals surface area (Å²) in [6.45, 7) is 0. The zero-order valence-corrected chi connectivity index (χ0v) is 10.8. The van der Waals surface area contributed by atoms with Crippen molar-refractivity contribution in [2.45, 2.75) is 9.86 Å². The maximum atomic E-state index is 11.3. The molecular formula is C3F6HgO2. The average Bonchev–Trinajstić information content (AvgIpc) is 1.78. The molecule has 0 unspecified atom stereocenters. The van der Waals surface area contributed by atoms with Gasteiger partial charge in [-0.1, -0.05) is 0 Å². The summed E-state index contributed by atoms with van der Waals surface area (Å²) >= 11 is -4.18. The van der Waals surface area contributed by atoms with Gasteiger partial charge in [-0.3, -0.25) is 0 Å². The Kier molecular flexibility index (Phi) is 3.79. The van der Waals surface area contributed by atoms with Crippen LogP contribution in [-0.4, -0.2) is 15.8 Å². The monoisotopic (exact) mass is 384 g/mol. The summed E-state index contributed by atoms with van der Waals surface area (Å²) < 4.78 is 65.8. The van der Waals surface area contributed by atoms with Crippen LogP contribution in [0.25, 0.3) is 0 Å². The standard InChI is InChI=1S/C2HF3O2.CF3.Hg/c3-2(4,5)1(6)7;2-1(3)4;/h(H,6,7);;/q;;+1/p-1. The molecule has 2 nitrogen and oxygen atoms in total. The molecule has 0 N–H and O–H groups in total. The Morgan fingerprint density at radius 1 is 1.08 bits per heavy atom. The fraction of sp³-hybridized carbons (Fsp3) is 0.667. The van der Waals surface area contributed by atoms with Crippen molar-refractivity contribution < 1.29 is 58.8 Å². The molecule has 0 heterocycles. The Bertz CT molecular complexity index is 171. The SMILES string of the molecule is O=C([O][Hg][C](F)(F)F)C(F)(F)F. The van der Waals surface area contributed by atoms with Crippen LogP contribution in [0, 0.1) is 0 Å². The fourth-order valence-corrected chi connectivity index (χ4v) is 2.01. The number of halogens is 6. The third kappa shape index (κ3) is 5.61. The van der Waals surface area contributed by atoms with Crippen molar-refractivity contribution in [1.82, 2.24) is 0 Å². The van der Waals surface area contributed by atoms with E-state index in [1.54, 1.807) is 0 Å². The average molecular weight is 383 g/mol. The van der Waals surface area contributed by atoms with E-state index < -0.39 is 40.9 Å². The third-order valence-electron chi connectivity index (χ3n) is 0.598. The van der Waals surface area contributed by atoms with Crippen molar-refractivity contribution >= 4 is 5.97 Å². The summed E-state index contributed by atoms with van der Waals surface area (Å²) in [6, 6.07) is 0. The van der Waals surface area contributed by atoms with Crippen LogP contribution in [0.5, 0.6) is 0 Å². The topological polar surface area (TPSA) is 26.3 Å². The number of carbonyl (C=O) groups excluding carboxylic acids is 1. The summed E-state index contributed by atoms with van der Waals surface area (Å²) in [5, 5.41) is 0. The van der Waals surface area contributed by atoms with Crippen molar-refractivity contribution in [1.29, 1.82) is 0 Å². The summed E-state index contributed by atoms with van der Waals surface area (Å²) in [7, 11) is 0. The first-order chi connectivity index (χ1) is 5.13. The van der Waals surface area contributed by atoms with E-state index in [4.69, 9.17) is 0 Å². The van der Waals surface area contributed by atoms with E-state index in [-0.39, 0.29) is 0 Å². The Morgan fingerprint density at radius 3 is 1.75 bits per heavy atom. The molecule has 0 aromatic carbocycles. The van der Waals surface area contributed by atoms with Crippen LogP contribution < -0.4 is 0 Å². The number of carbonyl (C=O) groups is 1. The molecule has 0 saturated heterocycles. The predicted octanol–water partition coefficient (Wildman–Crippen LogP) is 1.61. The molecule has 68 valence electrons. The second-order valence-corrected chi connectivity index (χ2v) is 7.05. The second-order valence-electron chi connectivity index (χ2n) is 1.69. The van der Waals surface area contributed by atoms with Crippen molar-refractivity contribution in [2.75, 3.05) is 0 Å². The van der Waals surface area contributed by atoms with E-state index in [0.29, 0.717) is 0 Å². The second kappa shape index (κ2) is 3.80. The van der Waals surface area contributed by atoms with Gasteiger partial charge in [-0.25, -0.2) is 0 Å². The zero-order valence-electron chi connectivity index (χ0n) is 5.29. The molecular weight excluding hydrogens is 383 g/mol. The number of alkyl halides is 6. The molecule has 0 amide bonds. The Hall–Kier alpha value is -0.0149. The van der Waals surface area contributed by atoms with Gasteiger partial charge >= 0.3 is 74.6 Å². The maximum absolute atomic E-state index is 11.3. The van der Waals surface area contributed by atoms with Crippen molar-refractivity contribution in [3.8, 4) is 0 Å². The van der Waals surface area contributed by atoms with E-state index in [9.17, 15) is 31.1 Å². The summed E-state index contributed by atoms with van der Waals surface area (Å²) in [4.78, 5) is 9.72. The van der Waals surface area contributed by atoms with Crippen LogP contribution in [0.1, 0.15) is 0 Å². The summed E-state index contributed by atoms with van der Waals surface area (Å²) in [5.41, 5.74) is 0. The molecule has 0 aliphatic carbocycles. The summed E-state index contributed by atoms with van der Waals surface area (Å²) in [6.07, 6.45) is -5.33. The molecule has 0 aliphatic rings. The van der Waals surface area contributed by atoms with E-state index in [0.717, 1.165) is 0 Å². The van der Waals surface area contributed by atoms with Gasteiger partial charge in [-0.2, -0.15) is 0 Å². The molecule has 9 heteroatoms. The molecule has 0 radical (unpaired) electrons. The molecule has 0 aromatic rings. The van der Waals surface area contributed by atoms with Gasteiger partial charge in [0.15, 0.2) is 0 Å². The van der Waals surface area contributed by atoms with Crippen LogP contribution >= 0.6 is 0 Å². The molecule has 0 atom stereocenters. The van der Waals surface area contributed by atoms with Gasteiger partial charge in [-0.15, -0.1) is 0 Å². The molecule has 0 spiro atoms. The number of hydrogen-bond donors (Lipinski definition) is 0. The number of rotatable bonds is 1.